The minimum atomic E-state index is -0.0917. The monoisotopic (exact) mass is 412 g/mol. The van der Waals surface area contributed by atoms with Gasteiger partial charge >= 0.3 is 0 Å². The maximum atomic E-state index is 12.5. The lowest BCUT2D eigenvalue weighted by Crippen LogP contribution is -2.40. The first-order chi connectivity index (χ1) is 14.7. The van der Waals surface area contributed by atoms with Gasteiger partial charge in [0.05, 0.1) is 37.8 Å². The molecule has 3 heterocycles. The molecule has 30 heavy (non-hydrogen) atoms. The molecule has 1 atom stereocenters. The van der Waals surface area contributed by atoms with Crippen LogP contribution in [0.3, 0.4) is 0 Å². The minimum Gasteiger partial charge on any atom is -0.493 e. The van der Waals surface area contributed by atoms with Crippen molar-refractivity contribution in [2.45, 2.75) is 31.7 Å². The molecule has 0 unspecified atom stereocenters. The number of hydrogen-bond donors (Lipinski definition) is 1. The van der Waals surface area contributed by atoms with Crippen LogP contribution in [0.1, 0.15) is 31.7 Å². The zero-order chi connectivity index (χ0) is 20.8. The summed E-state index contributed by atoms with van der Waals surface area (Å²) in [6.45, 7) is 2.86. The van der Waals surface area contributed by atoms with Gasteiger partial charge in [0.25, 0.3) is 0 Å². The molecule has 2 aromatic rings. The normalized spacial score (nSPS) is 19.6. The fraction of sp³-hybridized carbons (Fsp3) is 0.500. The summed E-state index contributed by atoms with van der Waals surface area (Å²) < 4.78 is 12.8. The molecule has 8 nitrogen and oxygen atoms in total. The Balaban J connectivity index is 1.24. The number of hydrogen-bond acceptors (Lipinski definition) is 5. The molecule has 2 aliphatic rings. The summed E-state index contributed by atoms with van der Waals surface area (Å²) in [5, 5.41) is 7.41. The predicted octanol–water partition coefficient (Wildman–Crippen LogP) is 2.49. The van der Waals surface area contributed by atoms with Crippen molar-refractivity contribution < 1.29 is 19.1 Å². The van der Waals surface area contributed by atoms with E-state index in [0.29, 0.717) is 45.1 Å². The number of amides is 2. The van der Waals surface area contributed by atoms with Crippen molar-refractivity contribution in [1.82, 2.24) is 14.7 Å². The predicted molar refractivity (Wildman–Crippen MR) is 111 cm³/mol. The summed E-state index contributed by atoms with van der Waals surface area (Å²) in [6, 6.07) is 11.5. The highest BCUT2D eigenvalue weighted by Crippen LogP contribution is 2.26. The zero-order valence-corrected chi connectivity index (χ0v) is 17.0. The Morgan fingerprint density at radius 3 is 2.67 bits per heavy atom. The van der Waals surface area contributed by atoms with Gasteiger partial charge in [0, 0.05) is 25.8 Å². The second kappa shape index (κ2) is 9.75. The number of anilines is 1. The van der Waals surface area contributed by atoms with Gasteiger partial charge in [0.2, 0.25) is 11.8 Å². The van der Waals surface area contributed by atoms with Crippen LogP contribution in [0.25, 0.3) is 0 Å². The highest BCUT2D eigenvalue weighted by molar-refractivity contribution is 5.92. The van der Waals surface area contributed by atoms with Crippen LogP contribution in [0.5, 0.6) is 5.75 Å². The Morgan fingerprint density at radius 1 is 1.13 bits per heavy atom. The molecular weight excluding hydrogens is 384 g/mol. The highest BCUT2D eigenvalue weighted by Gasteiger charge is 2.28. The van der Waals surface area contributed by atoms with Crippen molar-refractivity contribution in [2.24, 2.45) is 5.92 Å². The molecule has 1 N–H and O–H groups in total. The Labute approximate surface area is 176 Å². The van der Waals surface area contributed by atoms with Crippen LogP contribution in [0, 0.1) is 5.92 Å². The van der Waals surface area contributed by atoms with Gasteiger partial charge in [-0.05, 0) is 31.4 Å². The Morgan fingerprint density at radius 2 is 1.93 bits per heavy atom. The molecule has 160 valence electrons. The summed E-state index contributed by atoms with van der Waals surface area (Å²) in [7, 11) is 0. The summed E-state index contributed by atoms with van der Waals surface area (Å²) in [5.41, 5.74) is 0. The second-order valence-electron chi connectivity index (χ2n) is 7.73. The number of rotatable bonds is 7. The van der Waals surface area contributed by atoms with Gasteiger partial charge < -0.3 is 19.7 Å². The van der Waals surface area contributed by atoms with E-state index in [1.54, 1.807) is 6.20 Å². The number of piperidine rings is 1. The van der Waals surface area contributed by atoms with Gasteiger partial charge in [-0.3, -0.25) is 9.59 Å². The number of carbonyl (C=O) groups is 2. The number of para-hydroxylation sites is 1. The van der Waals surface area contributed by atoms with Crippen molar-refractivity contribution in [2.75, 3.05) is 38.2 Å². The van der Waals surface area contributed by atoms with Crippen LogP contribution in [0.15, 0.2) is 42.6 Å². The topological polar surface area (TPSA) is 85.7 Å². The fourth-order valence-corrected chi connectivity index (χ4v) is 3.96. The molecule has 0 radical (unpaired) electrons. The maximum absolute atomic E-state index is 12.5. The Bertz CT molecular complexity index is 840. The molecule has 1 aromatic carbocycles. The van der Waals surface area contributed by atoms with Crippen LogP contribution >= 0.6 is 0 Å². The standard InChI is InChI=1S/C22H28N4O4/c27-21(10-15-30-19-4-2-1-3-5-19)25-12-7-18(8-13-25)26-20(6-11-23-26)24-22(28)17-9-14-29-16-17/h1-6,11,17-18H,7-10,12-16H2,(H,24,28)/t17-/m1/s1. The van der Waals surface area contributed by atoms with E-state index in [0.717, 1.165) is 25.0 Å². The number of likely N-dealkylation sites (tertiary alicyclic amines) is 1. The average Bonchev–Trinajstić information content (AvgIpc) is 3.47. The lowest BCUT2D eigenvalue weighted by atomic mass is 10.0. The third-order valence-corrected chi connectivity index (χ3v) is 5.71. The molecule has 1 aromatic heterocycles. The average molecular weight is 412 g/mol. The van der Waals surface area contributed by atoms with E-state index in [4.69, 9.17) is 9.47 Å². The van der Waals surface area contributed by atoms with Crippen LogP contribution < -0.4 is 10.1 Å². The second-order valence-corrected chi connectivity index (χ2v) is 7.73. The molecular formula is C22H28N4O4. The third-order valence-electron chi connectivity index (χ3n) is 5.71. The van der Waals surface area contributed by atoms with E-state index in [1.807, 2.05) is 46.0 Å². The van der Waals surface area contributed by atoms with Crippen LogP contribution in [-0.2, 0) is 14.3 Å². The summed E-state index contributed by atoms with van der Waals surface area (Å²) in [5.74, 6) is 1.50. The number of aromatic nitrogens is 2. The molecule has 2 amide bonds. The smallest absolute Gasteiger partial charge is 0.231 e. The molecule has 2 aliphatic heterocycles. The number of benzene rings is 1. The zero-order valence-electron chi connectivity index (χ0n) is 17.0. The van der Waals surface area contributed by atoms with Crippen LogP contribution in [-0.4, -0.2) is 59.4 Å². The first kappa shape index (κ1) is 20.4. The van der Waals surface area contributed by atoms with Gasteiger partial charge in [-0.1, -0.05) is 18.2 Å². The summed E-state index contributed by atoms with van der Waals surface area (Å²) >= 11 is 0. The maximum Gasteiger partial charge on any atom is 0.231 e. The van der Waals surface area contributed by atoms with E-state index in [-0.39, 0.29) is 23.8 Å². The number of carbonyl (C=O) groups excluding carboxylic acids is 2. The van der Waals surface area contributed by atoms with E-state index >= 15 is 0 Å². The molecule has 8 heteroatoms. The van der Waals surface area contributed by atoms with E-state index in [2.05, 4.69) is 10.4 Å². The Kier molecular flexibility index (Phi) is 6.63. The summed E-state index contributed by atoms with van der Waals surface area (Å²) in [6.07, 6.45) is 4.45. The van der Waals surface area contributed by atoms with Crippen LogP contribution in [0.4, 0.5) is 5.82 Å². The quantitative estimate of drug-likeness (QED) is 0.755. The van der Waals surface area contributed by atoms with E-state index in [9.17, 15) is 9.59 Å². The van der Waals surface area contributed by atoms with Gasteiger partial charge in [-0.2, -0.15) is 5.10 Å². The first-order valence-corrected chi connectivity index (χ1v) is 10.6. The lowest BCUT2D eigenvalue weighted by molar-refractivity contribution is -0.133. The third kappa shape index (κ3) is 4.99. The van der Waals surface area contributed by atoms with Crippen molar-refractivity contribution in [1.29, 1.82) is 0 Å². The van der Waals surface area contributed by atoms with Gasteiger partial charge in [0.15, 0.2) is 0 Å². The molecule has 2 saturated heterocycles. The van der Waals surface area contributed by atoms with Gasteiger partial charge in [0.1, 0.15) is 11.6 Å². The SMILES string of the molecule is O=C(Nc1ccnn1C1CCN(C(=O)CCOc2ccccc2)CC1)[C@@H]1CCOC1. The highest BCUT2D eigenvalue weighted by atomic mass is 16.5. The minimum absolute atomic E-state index is 0.0136. The molecule has 0 bridgehead atoms. The van der Waals surface area contributed by atoms with Crippen molar-refractivity contribution >= 4 is 17.6 Å². The first-order valence-electron chi connectivity index (χ1n) is 10.6. The van der Waals surface area contributed by atoms with Crippen molar-refractivity contribution in [3.05, 3.63) is 42.6 Å². The molecule has 0 aliphatic carbocycles. The molecule has 0 saturated carbocycles. The molecule has 2 fully saturated rings. The van der Waals surface area contributed by atoms with Crippen molar-refractivity contribution in [3.8, 4) is 5.75 Å². The lowest BCUT2D eigenvalue weighted by Gasteiger charge is -2.33. The molecule has 4 rings (SSSR count). The van der Waals surface area contributed by atoms with Gasteiger partial charge in [-0.25, -0.2) is 4.68 Å². The van der Waals surface area contributed by atoms with Gasteiger partial charge in [-0.15, -0.1) is 0 Å². The van der Waals surface area contributed by atoms with Crippen molar-refractivity contribution in [3.63, 3.8) is 0 Å². The molecule has 0 spiro atoms. The number of nitrogens with one attached hydrogen (secondary N) is 1. The number of nitrogens with zero attached hydrogens (tertiary/aromatic N) is 3. The van der Waals surface area contributed by atoms with E-state index < -0.39 is 0 Å². The fourth-order valence-electron chi connectivity index (χ4n) is 3.96. The number of ether oxygens (including phenoxy) is 2. The van der Waals surface area contributed by atoms with Crippen LogP contribution in [0.2, 0.25) is 0 Å². The van der Waals surface area contributed by atoms with E-state index in [1.165, 1.54) is 0 Å². The largest absolute Gasteiger partial charge is 0.493 e. The summed E-state index contributed by atoms with van der Waals surface area (Å²) in [4.78, 5) is 26.8. The Hall–Kier alpha value is -2.87.